The molecule has 6 fully saturated rings. The summed E-state index contributed by atoms with van der Waals surface area (Å²) < 4.78 is 153. The number of nitrogens with zero attached hydrogens (tertiary/aromatic N) is 4. The zero-order chi connectivity index (χ0) is 77.8. The quantitative estimate of drug-likeness (QED) is 0.0374. The first-order chi connectivity index (χ1) is 49.1. The molecule has 0 unspecified atom stereocenters. The number of hydrogen-bond donors (Lipinski definition) is 6. The molecule has 0 radical (unpaired) electrons. The Morgan fingerprint density at radius 1 is 0.575 bits per heavy atom. The summed E-state index contributed by atoms with van der Waals surface area (Å²) in [5.41, 5.74) is -6.66. The van der Waals surface area contributed by atoms with Gasteiger partial charge >= 0.3 is 24.8 Å². The molecule has 2 aromatic heterocycles. The van der Waals surface area contributed by atoms with Gasteiger partial charge in [0.1, 0.15) is 58.7 Å². The number of carbonyl (C=O) groups is 8. The van der Waals surface area contributed by atoms with Crippen LogP contribution in [0.25, 0.3) is 21.5 Å². The number of hydrogen-bond acceptors (Lipinski definition) is 22. The second-order valence-electron chi connectivity index (χ2n) is 32.0. The van der Waals surface area contributed by atoms with Gasteiger partial charge in [0.2, 0.25) is 55.4 Å². The molecule has 106 heavy (non-hydrogen) atoms. The van der Waals surface area contributed by atoms with Crippen molar-refractivity contribution in [3.63, 3.8) is 0 Å². The van der Waals surface area contributed by atoms with Crippen molar-refractivity contribution in [3.8, 4) is 34.8 Å². The summed E-state index contributed by atoms with van der Waals surface area (Å²) in [5.74, 6) is -6.23. The molecule has 4 saturated carbocycles. The number of benzene rings is 2. The topological polar surface area (TPSA) is 383 Å². The van der Waals surface area contributed by atoms with Crippen molar-refractivity contribution < 1.29 is 111 Å². The molecule has 578 valence electrons. The predicted molar refractivity (Wildman–Crippen MR) is 369 cm³/mol. The average Bonchev–Trinajstić information content (AvgIpc) is 1.59. The van der Waals surface area contributed by atoms with Crippen LogP contribution in [0.1, 0.15) is 148 Å². The van der Waals surface area contributed by atoms with Crippen molar-refractivity contribution in [2.45, 2.75) is 230 Å². The number of halogens is 4. The summed E-state index contributed by atoms with van der Waals surface area (Å²) in [6.07, 6.45) is -4.90. The Morgan fingerprint density at radius 3 is 1.30 bits per heavy atom. The number of pyridine rings is 2. The molecular formula is C70H88F4N10O20S2. The van der Waals surface area contributed by atoms with Crippen molar-refractivity contribution in [2.24, 2.45) is 22.7 Å². The maximum absolute atomic E-state index is 14.5. The summed E-state index contributed by atoms with van der Waals surface area (Å²) in [6, 6.07) is 3.50. The fourth-order valence-electron chi connectivity index (χ4n) is 13.3. The first-order valence-corrected chi connectivity index (χ1v) is 37.8. The Hall–Kier alpha value is -9.22. The van der Waals surface area contributed by atoms with Gasteiger partial charge in [-0.05, 0) is 133 Å². The highest BCUT2D eigenvalue weighted by atomic mass is 32.2. The Labute approximate surface area is 609 Å². The summed E-state index contributed by atoms with van der Waals surface area (Å²) in [7, 11) is -7.87. The van der Waals surface area contributed by atoms with E-state index in [0.717, 1.165) is 0 Å². The molecule has 6 heterocycles. The van der Waals surface area contributed by atoms with Crippen LogP contribution in [-0.2, 0) is 58.3 Å². The van der Waals surface area contributed by atoms with Crippen molar-refractivity contribution in [1.29, 1.82) is 0 Å². The fourth-order valence-corrected chi connectivity index (χ4v) is 16.0. The van der Waals surface area contributed by atoms with Crippen LogP contribution in [0.5, 0.6) is 34.8 Å². The molecule has 8 amide bonds. The van der Waals surface area contributed by atoms with E-state index in [4.69, 9.17) is 28.4 Å². The lowest BCUT2D eigenvalue weighted by Gasteiger charge is -2.36. The molecule has 12 rings (SSSR count). The van der Waals surface area contributed by atoms with Gasteiger partial charge in [-0.1, -0.05) is 61.0 Å². The Balaban J connectivity index is 0.000000212. The van der Waals surface area contributed by atoms with Crippen LogP contribution < -0.4 is 59.1 Å². The largest absolute Gasteiger partial charge is 0.586 e. The highest BCUT2D eigenvalue weighted by Gasteiger charge is 2.64. The lowest BCUT2D eigenvalue weighted by Crippen LogP contribution is -2.60. The van der Waals surface area contributed by atoms with Gasteiger partial charge in [-0.15, -0.1) is 24.1 Å². The van der Waals surface area contributed by atoms with Gasteiger partial charge in [-0.3, -0.25) is 38.2 Å². The first-order valence-electron chi connectivity index (χ1n) is 34.7. The van der Waals surface area contributed by atoms with E-state index in [1.165, 1.54) is 64.7 Å². The minimum Gasteiger partial charge on any atom is -0.472 e. The molecule has 4 aromatic rings. The fraction of sp³-hybridized carbons (Fsp3) is 0.600. The molecule has 2 aromatic carbocycles. The second kappa shape index (κ2) is 27.5. The van der Waals surface area contributed by atoms with Gasteiger partial charge in [-0.2, -0.15) is 0 Å². The van der Waals surface area contributed by atoms with E-state index < -0.39 is 166 Å². The third-order valence-corrected chi connectivity index (χ3v) is 22.8. The zero-order valence-corrected chi connectivity index (χ0v) is 62.4. The zero-order valence-electron chi connectivity index (χ0n) is 60.7. The number of nitrogens with one attached hydrogen (secondary N) is 6. The summed E-state index contributed by atoms with van der Waals surface area (Å²) >= 11 is 0. The molecule has 2 saturated heterocycles. The number of amides is 8. The number of likely N-dealkylation sites (tertiary alicyclic amines) is 2. The SMILES string of the molecule is C=C[C@@H]1C[C@]1(NC(=O)[C@@H]1C[C@@H](Oc2nccc3c4c(ccc23)OC(F)(F)O4)CN1C(=O)[C@@H](NC(=O)OC(C)(C)C)C(C)(C)C)C(=O)NS(=O)(=O)C1CC1.CC[C@@H]1C[C@]1(NC(=O)[C@@H]1C[C@@H](Oc2nccc3c4c(ccc23)OC(F)(F)O4)CN1C(=O)[C@@H](NC(=O)OC(C)(C)C)C(C)(C)C)C(=O)NS(=O)(=O)C1CC1. The molecule has 36 heteroatoms. The van der Waals surface area contributed by atoms with E-state index in [1.54, 1.807) is 83.1 Å². The maximum atomic E-state index is 14.5. The van der Waals surface area contributed by atoms with Gasteiger partial charge in [0.15, 0.2) is 23.0 Å². The maximum Gasteiger partial charge on any atom is 0.586 e. The van der Waals surface area contributed by atoms with Crippen LogP contribution in [0.15, 0.2) is 61.4 Å². The smallest absolute Gasteiger partial charge is 0.472 e. The van der Waals surface area contributed by atoms with Crippen LogP contribution in [0.3, 0.4) is 0 Å². The average molecular weight is 1530 g/mol. The van der Waals surface area contributed by atoms with E-state index in [0.29, 0.717) is 37.5 Å². The molecule has 10 atom stereocenters. The van der Waals surface area contributed by atoms with Gasteiger partial charge in [0, 0.05) is 52.7 Å². The number of rotatable bonds is 20. The molecule has 8 aliphatic rings. The highest BCUT2D eigenvalue weighted by Crippen LogP contribution is 2.51. The lowest BCUT2D eigenvalue weighted by atomic mass is 9.85. The van der Waals surface area contributed by atoms with E-state index in [-0.39, 0.29) is 95.6 Å². The van der Waals surface area contributed by atoms with Crippen LogP contribution >= 0.6 is 0 Å². The van der Waals surface area contributed by atoms with Gasteiger partial charge in [-0.25, -0.2) is 36.4 Å². The first kappa shape index (κ1) is 77.9. The van der Waals surface area contributed by atoms with Crippen LogP contribution in [0, 0.1) is 22.7 Å². The normalized spacial score (nSPS) is 25.3. The number of fused-ring (bicyclic) bond motifs is 6. The molecule has 6 N–H and O–H groups in total. The van der Waals surface area contributed by atoms with Crippen molar-refractivity contribution in [3.05, 3.63) is 61.4 Å². The second-order valence-corrected chi connectivity index (χ2v) is 35.9. The number of aromatic nitrogens is 2. The van der Waals surface area contributed by atoms with Gasteiger partial charge in [0.05, 0.1) is 23.6 Å². The molecule has 0 spiro atoms. The van der Waals surface area contributed by atoms with Gasteiger partial charge in [0.25, 0.3) is 11.8 Å². The van der Waals surface area contributed by atoms with E-state index in [2.05, 4.69) is 56.7 Å². The van der Waals surface area contributed by atoms with E-state index in [9.17, 15) is 72.8 Å². The summed E-state index contributed by atoms with van der Waals surface area (Å²) in [4.78, 5) is 121. The number of alkyl carbamates (subject to hydrolysis) is 2. The molecule has 4 aliphatic heterocycles. The predicted octanol–water partition coefficient (Wildman–Crippen LogP) is 7.25. The minimum atomic E-state index is -3.95. The third kappa shape index (κ3) is 16.8. The van der Waals surface area contributed by atoms with Gasteiger partial charge < -0.3 is 69.0 Å². The van der Waals surface area contributed by atoms with E-state index in [1.807, 2.05) is 6.92 Å². The van der Waals surface area contributed by atoms with Crippen molar-refractivity contribution >= 4 is 89.2 Å². The van der Waals surface area contributed by atoms with Crippen molar-refractivity contribution in [2.75, 3.05) is 13.1 Å². The molecule has 30 nitrogen and oxygen atoms in total. The van der Waals surface area contributed by atoms with Crippen LogP contribution in [0.2, 0.25) is 0 Å². The lowest BCUT2D eigenvalue weighted by molar-refractivity contribution is -0.287. The molecule has 0 bridgehead atoms. The third-order valence-electron chi connectivity index (χ3n) is 19.1. The molecular weight excluding hydrogens is 1440 g/mol. The Morgan fingerprint density at radius 2 is 0.962 bits per heavy atom. The number of sulfonamides is 2. The number of carbonyl (C=O) groups excluding carboxylic acids is 8. The summed E-state index contributed by atoms with van der Waals surface area (Å²) in [5, 5.41) is 10.5. The Bertz CT molecular complexity index is 4480. The monoisotopic (exact) mass is 1530 g/mol. The summed E-state index contributed by atoms with van der Waals surface area (Å²) in [6.45, 7) is 25.6. The highest BCUT2D eigenvalue weighted by molar-refractivity contribution is 7.91. The van der Waals surface area contributed by atoms with Crippen molar-refractivity contribution in [1.82, 2.24) is 50.5 Å². The number of ether oxygens (including phenoxy) is 8. The number of alkyl halides is 4. The minimum absolute atomic E-state index is 0.00290. The van der Waals surface area contributed by atoms with Crippen LogP contribution in [0.4, 0.5) is 27.2 Å². The standard InChI is InChI=1S/C35H45F2N5O10S.C35H43F2N5O10S/c2*1-8-18-16-34(18,30(45)41-53(47,48)20-9-10-20)40-27(43)23-15-19(17-42(23)29(44)26(32(2,3)4)39-31(46)52-33(5,6)7)49-28-22-11-12-24-25(21(22)13-14-38-28)51-35(36,37)50-24/h11-14,18-20,23,26H,8-10,15-17H2,1-7H3,(H,39,46)(H,40,43)(H,41,45);8,11-14,18-20,23,26H,1,9-10,15-17H2,2-7H3,(H,39,46)(H,40,43)(H,41,45)/t2*18-,19-,23+,26-,34-/m11/s1. The van der Waals surface area contributed by atoms with E-state index >= 15 is 0 Å². The van der Waals surface area contributed by atoms with Crippen LogP contribution in [-0.4, -0.2) is 179 Å². The molecule has 4 aliphatic carbocycles. The Kier molecular flexibility index (Phi) is 20.2.